The van der Waals surface area contributed by atoms with Gasteiger partial charge in [-0.3, -0.25) is 0 Å². The molecule has 2 rings (SSSR count). The molecule has 0 saturated heterocycles. The number of rotatable bonds is 7. The van der Waals surface area contributed by atoms with Crippen LogP contribution in [0.5, 0.6) is 0 Å². The van der Waals surface area contributed by atoms with Gasteiger partial charge in [-0.05, 0) is 36.7 Å². The summed E-state index contributed by atoms with van der Waals surface area (Å²) in [5.41, 5.74) is 1.30. The highest BCUT2D eigenvalue weighted by atomic mass is 35.5. The van der Waals surface area contributed by atoms with Crippen LogP contribution >= 0.6 is 35.0 Å². The standard InChI is InChI=1S/C17H19Cl2NS/c1-2-10-20-16(13-6-4-3-5-7-13)12-21-17-11-14(18)8-9-15(17)19/h3-9,11,16,20H,2,10,12H2,1H3. The largest absolute Gasteiger partial charge is 0.309 e. The Hall–Kier alpha value is -0.670. The van der Waals surface area contributed by atoms with E-state index < -0.39 is 0 Å². The molecule has 0 aliphatic heterocycles. The van der Waals surface area contributed by atoms with Crippen LogP contribution in [0.15, 0.2) is 53.4 Å². The minimum Gasteiger partial charge on any atom is -0.309 e. The van der Waals surface area contributed by atoms with E-state index in [9.17, 15) is 0 Å². The maximum atomic E-state index is 6.23. The van der Waals surface area contributed by atoms with Crippen LogP contribution in [-0.4, -0.2) is 12.3 Å². The number of hydrogen-bond donors (Lipinski definition) is 1. The average molecular weight is 340 g/mol. The smallest absolute Gasteiger partial charge is 0.0542 e. The second-order valence-electron chi connectivity index (χ2n) is 4.80. The third kappa shape index (κ3) is 5.23. The summed E-state index contributed by atoms with van der Waals surface area (Å²) in [7, 11) is 0. The molecule has 0 saturated carbocycles. The van der Waals surface area contributed by atoms with E-state index in [1.165, 1.54) is 5.56 Å². The van der Waals surface area contributed by atoms with Crippen LogP contribution in [0.4, 0.5) is 0 Å². The van der Waals surface area contributed by atoms with Crippen molar-refractivity contribution in [3.8, 4) is 0 Å². The quantitative estimate of drug-likeness (QED) is 0.637. The lowest BCUT2D eigenvalue weighted by molar-refractivity contribution is 0.577. The van der Waals surface area contributed by atoms with Gasteiger partial charge >= 0.3 is 0 Å². The summed E-state index contributed by atoms with van der Waals surface area (Å²) in [5.74, 6) is 0.921. The lowest BCUT2D eigenvalue weighted by Crippen LogP contribution is -2.24. The van der Waals surface area contributed by atoms with E-state index in [4.69, 9.17) is 23.2 Å². The van der Waals surface area contributed by atoms with E-state index in [1.807, 2.05) is 24.3 Å². The summed E-state index contributed by atoms with van der Waals surface area (Å²) >= 11 is 14.0. The van der Waals surface area contributed by atoms with Crippen molar-refractivity contribution in [3.05, 3.63) is 64.1 Å². The second-order valence-corrected chi connectivity index (χ2v) is 6.71. The topological polar surface area (TPSA) is 12.0 Å². The molecule has 0 heterocycles. The van der Waals surface area contributed by atoms with Crippen LogP contribution in [0, 0.1) is 0 Å². The van der Waals surface area contributed by atoms with Gasteiger partial charge in [0.25, 0.3) is 0 Å². The first-order valence-electron chi connectivity index (χ1n) is 7.07. The van der Waals surface area contributed by atoms with Crippen molar-refractivity contribution >= 4 is 35.0 Å². The van der Waals surface area contributed by atoms with Gasteiger partial charge < -0.3 is 5.32 Å². The third-order valence-corrected chi connectivity index (χ3v) is 4.97. The average Bonchev–Trinajstić information content (AvgIpc) is 2.51. The SMILES string of the molecule is CCCNC(CSc1cc(Cl)ccc1Cl)c1ccccc1. The maximum Gasteiger partial charge on any atom is 0.0542 e. The van der Waals surface area contributed by atoms with Crippen LogP contribution in [0.25, 0.3) is 0 Å². The molecule has 0 amide bonds. The lowest BCUT2D eigenvalue weighted by Gasteiger charge is -2.19. The van der Waals surface area contributed by atoms with Crippen molar-refractivity contribution in [2.24, 2.45) is 0 Å². The molecule has 0 aliphatic carbocycles. The summed E-state index contributed by atoms with van der Waals surface area (Å²) in [6, 6.07) is 16.4. The molecule has 1 unspecified atom stereocenters. The van der Waals surface area contributed by atoms with E-state index in [0.717, 1.165) is 33.7 Å². The van der Waals surface area contributed by atoms with Crippen LogP contribution in [0.1, 0.15) is 24.9 Å². The highest BCUT2D eigenvalue weighted by Gasteiger charge is 2.12. The molecule has 0 aromatic heterocycles. The molecule has 0 bridgehead atoms. The normalized spacial score (nSPS) is 12.3. The van der Waals surface area contributed by atoms with Crippen molar-refractivity contribution in [3.63, 3.8) is 0 Å². The molecule has 2 aromatic rings. The van der Waals surface area contributed by atoms with Crippen LogP contribution in [0.3, 0.4) is 0 Å². The molecule has 1 N–H and O–H groups in total. The Morgan fingerprint density at radius 2 is 1.86 bits per heavy atom. The van der Waals surface area contributed by atoms with Gasteiger partial charge in [-0.25, -0.2) is 0 Å². The molecule has 112 valence electrons. The fourth-order valence-electron chi connectivity index (χ4n) is 2.04. The number of hydrogen-bond acceptors (Lipinski definition) is 2. The first-order valence-corrected chi connectivity index (χ1v) is 8.81. The lowest BCUT2D eigenvalue weighted by atomic mass is 10.1. The Balaban J connectivity index is 2.07. The number of halogens is 2. The van der Waals surface area contributed by atoms with Gasteiger partial charge in [0.1, 0.15) is 0 Å². The highest BCUT2D eigenvalue weighted by molar-refractivity contribution is 7.99. The monoisotopic (exact) mass is 339 g/mol. The number of benzene rings is 2. The van der Waals surface area contributed by atoms with Crippen LogP contribution < -0.4 is 5.32 Å². The molecule has 2 aromatic carbocycles. The number of thioether (sulfide) groups is 1. The first kappa shape index (κ1) is 16.7. The zero-order chi connectivity index (χ0) is 15.1. The molecule has 0 fully saturated rings. The van der Waals surface area contributed by atoms with Gasteiger partial charge in [0, 0.05) is 21.7 Å². The zero-order valence-corrected chi connectivity index (χ0v) is 14.3. The summed E-state index contributed by atoms with van der Waals surface area (Å²) < 4.78 is 0. The maximum absolute atomic E-state index is 6.23. The van der Waals surface area contributed by atoms with Crippen molar-refractivity contribution in [1.82, 2.24) is 5.32 Å². The summed E-state index contributed by atoms with van der Waals surface area (Å²) in [6.45, 7) is 3.18. The number of nitrogens with one attached hydrogen (secondary N) is 1. The summed E-state index contributed by atoms with van der Waals surface area (Å²) in [4.78, 5) is 1.03. The third-order valence-electron chi connectivity index (χ3n) is 3.14. The van der Waals surface area contributed by atoms with Crippen LogP contribution in [0.2, 0.25) is 10.0 Å². The molecule has 0 aliphatic rings. The molecule has 0 spiro atoms. The second kappa shape index (κ2) is 8.70. The van der Waals surface area contributed by atoms with E-state index >= 15 is 0 Å². The Morgan fingerprint density at radius 3 is 2.57 bits per heavy atom. The molecule has 1 atom stereocenters. The predicted octanol–water partition coefficient (Wildman–Crippen LogP) is 5.83. The highest BCUT2D eigenvalue weighted by Crippen LogP contribution is 2.32. The van der Waals surface area contributed by atoms with Crippen molar-refractivity contribution in [1.29, 1.82) is 0 Å². The predicted molar refractivity (Wildman–Crippen MR) is 94.7 cm³/mol. The van der Waals surface area contributed by atoms with E-state index in [-0.39, 0.29) is 0 Å². The van der Waals surface area contributed by atoms with E-state index in [2.05, 4.69) is 36.5 Å². The van der Waals surface area contributed by atoms with Gasteiger partial charge in [0.15, 0.2) is 0 Å². The van der Waals surface area contributed by atoms with Gasteiger partial charge in [-0.1, -0.05) is 60.5 Å². The van der Waals surface area contributed by atoms with E-state index in [1.54, 1.807) is 11.8 Å². The zero-order valence-electron chi connectivity index (χ0n) is 12.0. The Morgan fingerprint density at radius 1 is 1.10 bits per heavy atom. The van der Waals surface area contributed by atoms with Gasteiger partial charge in [-0.15, -0.1) is 11.8 Å². The Bertz CT molecular complexity index is 560. The van der Waals surface area contributed by atoms with Gasteiger partial charge in [-0.2, -0.15) is 0 Å². The van der Waals surface area contributed by atoms with Gasteiger partial charge in [0.2, 0.25) is 0 Å². The fourth-order valence-corrected chi connectivity index (χ4v) is 3.63. The van der Waals surface area contributed by atoms with E-state index in [0.29, 0.717) is 6.04 Å². The minimum atomic E-state index is 0.311. The summed E-state index contributed by atoms with van der Waals surface area (Å²) in [6.07, 6.45) is 1.12. The molecule has 21 heavy (non-hydrogen) atoms. The molecule has 0 radical (unpaired) electrons. The van der Waals surface area contributed by atoms with Crippen molar-refractivity contribution in [2.45, 2.75) is 24.3 Å². The minimum absolute atomic E-state index is 0.311. The van der Waals surface area contributed by atoms with Crippen molar-refractivity contribution < 1.29 is 0 Å². The molecule has 1 nitrogen and oxygen atoms in total. The first-order chi connectivity index (χ1) is 10.2. The molecular formula is C17H19Cl2NS. The Kier molecular flexibility index (Phi) is 6.91. The van der Waals surface area contributed by atoms with Gasteiger partial charge in [0.05, 0.1) is 5.02 Å². The fraction of sp³-hybridized carbons (Fsp3) is 0.294. The molecular weight excluding hydrogens is 321 g/mol. The van der Waals surface area contributed by atoms with Crippen LogP contribution in [-0.2, 0) is 0 Å². The molecule has 4 heteroatoms. The Labute approximate surface area is 141 Å². The van der Waals surface area contributed by atoms with Crippen molar-refractivity contribution in [2.75, 3.05) is 12.3 Å². The summed E-state index contributed by atoms with van der Waals surface area (Å²) in [5, 5.41) is 5.07.